The third-order valence-electron chi connectivity index (χ3n) is 4.55. The van der Waals surface area contributed by atoms with Crippen molar-refractivity contribution in [3.63, 3.8) is 0 Å². The van der Waals surface area contributed by atoms with Gasteiger partial charge in [0.1, 0.15) is 17.5 Å². The predicted octanol–water partition coefficient (Wildman–Crippen LogP) is 3.55. The van der Waals surface area contributed by atoms with Gasteiger partial charge in [-0.2, -0.15) is 0 Å². The number of aliphatic hydroxyl groups excluding tert-OH is 1. The Morgan fingerprint density at radius 3 is 2.35 bits per heavy atom. The summed E-state index contributed by atoms with van der Waals surface area (Å²) >= 11 is 5.86. The van der Waals surface area contributed by atoms with E-state index in [1.807, 2.05) is 0 Å². The van der Waals surface area contributed by atoms with Crippen molar-refractivity contribution in [3.8, 4) is 5.75 Å². The predicted molar refractivity (Wildman–Crippen MR) is 98.8 cm³/mol. The highest BCUT2D eigenvalue weighted by Gasteiger charge is 2.43. The highest BCUT2D eigenvalue weighted by molar-refractivity contribution is 6.30. The van der Waals surface area contributed by atoms with Crippen LogP contribution in [0.4, 0.5) is 0 Å². The zero-order chi connectivity index (χ0) is 19.1. The van der Waals surface area contributed by atoms with Gasteiger partial charge in [0.2, 0.25) is 0 Å². The number of halogens is 1. The Labute approximate surface area is 156 Å². The number of carbonyl (C=O) groups is 2. The fourth-order valence-corrected chi connectivity index (χ4v) is 3.13. The molecule has 0 aliphatic carbocycles. The molecule has 0 spiro atoms. The topological polar surface area (TPSA) is 75.6 Å². The molecule has 3 rings (SSSR count). The van der Waals surface area contributed by atoms with Gasteiger partial charge >= 0.3 is 0 Å². The van der Waals surface area contributed by atoms with Crippen molar-refractivity contribution in [3.05, 3.63) is 64.2 Å². The first kappa shape index (κ1) is 18.4. The van der Waals surface area contributed by atoms with Crippen molar-refractivity contribution >= 4 is 23.3 Å². The quantitative estimate of drug-likeness (QED) is 0.807. The Hall–Kier alpha value is -2.37. The minimum atomic E-state index is -0.992. The van der Waals surface area contributed by atoms with Gasteiger partial charge in [-0.25, -0.2) is 0 Å². The maximum atomic E-state index is 12.6. The van der Waals surface area contributed by atoms with Gasteiger partial charge in [-0.05, 0) is 63.2 Å². The van der Waals surface area contributed by atoms with Crippen LogP contribution in [0.15, 0.2) is 42.5 Å². The normalized spacial score (nSPS) is 20.7. The Bertz CT molecular complexity index is 861. The summed E-state index contributed by atoms with van der Waals surface area (Å²) in [5, 5.41) is 14.2. The first-order valence-electron chi connectivity index (χ1n) is 8.27. The smallest absolute Gasteiger partial charge is 0.251 e. The zero-order valence-corrected chi connectivity index (χ0v) is 15.5. The molecule has 0 saturated carbocycles. The van der Waals surface area contributed by atoms with Gasteiger partial charge in [0.25, 0.3) is 5.91 Å². The number of ether oxygens (including phenoxy) is 1. The summed E-state index contributed by atoms with van der Waals surface area (Å²) in [4.78, 5) is 24.4. The number of carbonyl (C=O) groups excluding carboxylic acids is 2. The number of aliphatic hydroxyl groups is 1. The summed E-state index contributed by atoms with van der Waals surface area (Å²) in [6.45, 7) is 4.97. The lowest BCUT2D eigenvalue weighted by Crippen LogP contribution is -2.53. The van der Waals surface area contributed by atoms with E-state index < -0.39 is 17.7 Å². The Kier molecular flexibility index (Phi) is 4.78. The number of amides is 1. The Balaban J connectivity index is 1.99. The molecule has 2 aromatic carbocycles. The lowest BCUT2D eigenvalue weighted by molar-refractivity contribution is -0.0627. The molecule has 0 bridgehead atoms. The van der Waals surface area contributed by atoms with E-state index in [4.69, 9.17) is 16.3 Å². The van der Waals surface area contributed by atoms with Crippen LogP contribution in [-0.4, -0.2) is 28.5 Å². The molecule has 1 amide bonds. The standard InChI is InChI=1S/C20H20ClNO4/c1-11(23)13-6-9-16-15(10-13)17(18(24)20(2,3)26-16)22-19(25)12-4-7-14(21)8-5-12/h4-10,17-18,24H,1-3H3,(H,22,25)/t17-,18+/m1/s1. The summed E-state index contributed by atoms with van der Waals surface area (Å²) in [5.41, 5.74) is 0.592. The van der Waals surface area contributed by atoms with Gasteiger partial charge < -0.3 is 15.2 Å². The van der Waals surface area contributed by atoms with Gasteiger partial charge in [-0.15, -0.1) is 0 Å². The van der Waals surface area contributed by atoms with Gasteiger partial charge in [-0.1, -0.05) is 11.6 Å². The largest absolute Gasteiger partial charge is 0.485 e. The number of hydrogen-bond donors (Lipinski definition) is 2. The average Bonchev–Trinajstić information content (AvgIpc) is 2.58. The number of ketones is 1. The first-order chi connectivity index (χ1) is 12.2. The maximum absolute atomic E-state index is 12.6. The number of fused-ring (bicyclic) bond motifs is 1. The van der Waals surface area contributed by atoms with Crippen molar-refractivity contribution in [2.45, 2.75) is 38.5 Å². The van der Waals surface area contributed by atoms with Gasteiger partial charge in [0.05, 0.1) is 6.04 Å². The Morgan fingerprint density at radius 2 is 1.73 bits per heavy atom. The molecule has 0 saturated heterocycles. The number of hydrogen-bond acceptors (Lipinski definition) is 4. The van der Waals surface area contributed by atoms with Gasteiger partial charge in [0.15, 0.2) is 5.78 Å². The SMILES string of the molecule is CC(=O)c1ccc2c(c1)[C@@H](NC(=O)c1ccc(Cl)cc1)[C@H](O)C(C)(C)O2. The van der Waals surface area contributed by atoms with Crippen molar-refractivity contribution in [2.24, 2.45) is 0 Å². The fraction of sp³-hybridized carbons (Fsp3) is 0.300. The molecule has 2 N–H and O–H groups in total. The second-order valence-electron chi connectivity index (χ2n) is 6.92. The van der Waals surface area contributed by atoms with Crippen LogP contribution in [0, 0.1) is 0 Å². The van der Waals surface area contributed by atoms with Gasteiger partial charge in [0, 0.05) is 21.7 Å². The molecular formula is C20H20ClNO4. The van der Waals surface area contributed by atoms with E-state index in [0.717, 1.165) is 0 Å². The van der Waals surface area contributed by atoms with Crippen molar-refractivity contribution in [2.75, 3.05) is 0 Å². The molecule has 1 aliphatic heterocycles. The number of rotatable bonds is 3. The van der Waals surface area contributed by atoms with Gasteiger partial charge in [-0.3, -0.25) is 9.59 Å². The summed E-state index contributed by atoms with van der Waals surface area (Å²) in [6.07, 6.45) is -0.992. The van der Waals surface area contributed by atoms with Crippen LogP contribution in [0.2, 0.25) is 5.02 Å². The molecule has 0 unspecified atom stereocenters. The van der Waals surface area contributed by atoms with Crippen LogP contribution in [-0.2, 0) is 0 Å². The van der Waals surface area contributed by atoms with E-state index in [9.17, 15) is 14.7 Å². The highest BCUT2D eigenvalue weighted by atomic mass is 35.5. The van der Waals surface area contributed by atoms with Crippen LogP contribution in [0.5, 0.6) is 5.75 Å². The minimum absolute atomic E-state index is 0.102. The fourth-order valence-electron chi connectivity index (χ4n) is 3.00. The molecule has 136 valence electrons. The maximum Gasteiger partial charge on any atom is 0.251 e. The van der Waals surface area contributed by atoms with Crippen molar-refractivity contribution < 1.29 is 19.4 Å². The molecule has 1 heterocycles. The second-order valence-corrected chi connectivity index (χ2v) is 7.35. The number of Topliss-reactive ketones (excluding diaryl/α,β-unsaturated/α-hetero) is 1. The van der Waals surface area contributed by atoms with Crippen LogP contribution >= 0.6 is 11.6 Å². The average molecular weight is 374 g/mol. The van der Waals surface area contributed by atoms with Crippen LogP contribution in [0.1, 0.15) is 53.1 Å². The number of nitrogens with one attached hydrogen (secondary N) is 1. The molecular weight excluding hydrogens is 354 g/mol. The lowest BCUT2D eigenvalue weighted by atomic mass is 9.85. The molecule has 0 aromatic heterocycles. The monoisotopic (exact) mass is 373 g/mol. The van der Waals surface area contributed by atoms with Crippen LogP contribution < -0.4 is 10.1 Å². The third kappa shape index (κ3) is 3.45. The van der Waals surface area contributed by atoms with E-state index in [1.54, 1.807) is 56.3 Å². The lowest BCUT2D eigenvalue weighted by Gasteiger charge is -2.42. The minimum Gasteiger partial charge on any atom is -0.485 e. The van der Waals surface area contributed by atoms with E-state index in [-0.39, 0.29) is 11.7 Å². The molecule has 0 fully saturated rings. The Morgan fingerprint density at radius 1 is 1.12 bits per heavy atom. The summed E-state index contributed by atoms with van der Waals surface area (Å²) in [7, 11) is 0. The first-order valence-corrected chi connectivity index (χ1v) is 8.65. The second kappa shape index (κ2) is 6.74. The van der Waals surface area contributed by atoms with E-state index in [2.05, 4.69) is 5.32 Å². The summed E-state index contributed by atoms with van der Waals surface area (Å²) in [6, 6.07) is 10.8. The molecule has 6 heteroatoms. The van der Waals surface area contributed by atoms with E-state index in [1.165, 1.54) is 6.92 Å². The van der Waals surface area contributed by atoms with Crippen molar-refractivity contribution in [1.82, 2.24) is 5.32 Å². The number of benzene rings is 2. The summed E-state index contributed by atoms with van der Waals surface area (Å²) in [5.74, 6) is 0.0872. The molecule has 26 heavy (non-hydrogen) atoms. The van der Waals surface area contributed by atoms with Crippen molar-refractivity contribution in [1.29, 1.82) is 0 Å². The highest BCUT2D eigenvalue weighted by Crippen LogP contribution is 2.40. The van der Waals surface area contributed by atoms with E-state index in [0.29, 0.717) is 27.5 Å². The van der Waals surface area contributed by atoms with E-state index >= 15 is 0 Å². The molecule has 1 aliphatic rings. The van der Waals surface area contributed by atoms with Crippen LogP contribution in [0.25, 0.3) is 0 Å². The summed E-state index contributed by atoms with van der Waals surface area (Å²) < 4.78 is 5.87. The molecule has 2 atom stereocenters. The van der Waals surface area contributed by atoms with Crippen LogP contribution in [0.3, 0.4) is 0 Å². The zero-order valence-electron chi connectivity index (χ0n) is 14.7. The molecule has 5 nitrogen and oxygen atoms in total. The molecule has 2 aromatic rings. The molecule has 0 radical (unpaired) electrons. The third-order valence-corrected chi connectivity index (χ3v) is 4.80.